The van der Waals surface area contributed by atoms with Crippen molar-refractivity contribution in [3.8, 4) is 5.75 Å². The van der Waals surface area contributed by atoms with E-state index in [1.54, 1.807) is 7.11 Å². The van der Waals surface area contributed by atoms with E-state index in [4.69, 9.17) is 21.3 Å². The molecule has 1 aromatic heterocycles. The number of likely N-dealkylation sites (tertiary alicyclic amines) is 1. The largest absolute Gasteiger partial charge is 0.497 e. The molecule has 1 aliphatic rings. The molecule has 148 valence electrons. The molecule has 5 heteroatoms. The number of hydrogen-bond acceptors (Lipinski definition) is 4. The van der Waals surface area contributed by atoms with Gasteiger partial charge in [-0.25, -0.2) is 4.98 Å². The van der Waals surface area contributed by atoms with Gasteiger partial charge in [0.25, 0.3) is 0 Å². The maximum atomic E-state index is 6.20. The Morgan fingerprint density at radius 1 is 1.00 bits per heavy atom. The molecule has 1 fully saturated rings. The first-order chi connectivity index (χ1) is 13.7. The van der Waals surface area contributed by atoms with Gasteiger partial charge in [0, 0.05) is 22.3 Å². The van der Waals surface area contributed by atoms with Gasteiger partial charge >= 0.3 is 0 Å². The zero-order valence-corrected chi connectivity index (χ0v) is 17.3. The molecule has 4 nitrogen and oxygen atoms in total. The smallest absolute Gasteiger partial charge is 0.119 e. The van der Waals surface area contributed by atoms with Crippen LogP contribution in [0.1, 0.15) is 32.1 Å². The van der Waals surface area contributed by atoms with Gasteiger partial charge in [0.2, 0.25) is 0 Å². The van der Waals surface area contributed by atoms with Crippen LogP contribution in [0.3, 0.4) is 0 Å². The highest BCUT2D eigenvalue weighted by molar-refractivity contribution is 6.31. The van der Waals surface area contributed by atoms with Crippen LogP contribution in [0.2, 0.25) is 5.02 Å². The Bertz CT molecular complexity index is 953. The van der Waals surface area contributed by atoms with Gasteiger partial charge in [-0.2, -0.15) is 0 Å². The first kappa shape index (κ1) is 19.3. The summed E-state index contributed by atoms with van der Waals surface area (Å²) in [5.74, 6) is 0.843. The summed E-state index contributed by atoms with van der Waals surface area (Å²) < 4.78 is 5.44. The quantitative estimate of drug-likeness (QED) is 0.408. The first-order valence-corrected chi connectivity index (χ1v) is 10.7. The second-order valence-corrected chi connectivity index (χ2v) is 8.00. The zero-order chi connectivity index (χ0) is 19.3. The van der Waals surface area contributed by atoms with Crippen LogP contribution in [-0.4, -0.2) is 43.2 Å². The molecule has 3 aromatic rings. The van der Waals surface area contributed by atoms with Crippen LogP contribution >= 0.6 is 11.6 Å². The van der Waals surface area contributed by atoms with E-state index in [-0.39, 0.29) is 0 Å². The van der Waals surface area contributed by atoms with Gasteiger partial charge in [-0.1, -0.05) is 18.0 Å². The van der Waals surface area contributed by atoms with Gasteiger partial charge in [-0.15, -0.1) is 0 Å². The Labute approximate surface area is 171 Å². The highest BCUT2D eigenvalue weighted by Crippen LogP contribution is 2.34. The fourth-order valence-corrected chi connectivity index (χ4v) is 4.24. The average molecular weight is 398 g/mol. The lowest BCUT2D eigenvalue weighted by Gasteiger charge is -2.26. The predicted molar refractivity (Wildman–Crippen MR) is 119 cm³/mol. The van der Waals surface area contributed by atoms with Crippen molar-refractivity contribution in [2.24, 2.45) is 0 Å². The number of anilines is 1. The molecule has 0 aliphatic carbocycles. The normalized spacial score (nSPS) is 15.2. The van der Waals surface area contributed by atoms with E-state index in [1.165, 1.54) is 45.3 Å². The Balaban J connectivity index is 1.52. The number of nitrogens with one attached hydrogen (secondary N) is 1. The molecule has 0 amide bonds. The van der Waals surface area contributed by atoms with Gasteiger partial charge < -0.3 is 15.0 Å². The number of nitrogens with zero attached hydrogens (tertiary/aromatic N) is 2. The SMILES string of the molecule is COc1ccc2nc3cc(Cl)ccc3c(NCCCCN3CCCCC3)c2c1. The molecule has 2 aromatic carbocycles. The molecule has 0 spiro atoms. The van der Waals surface area contributed by atoms with E-state index >= 15 is 0 Å². The third-order valence-corrected chi connectivity index (χ3v) is 5.83. The van der Waals surface area contributed by atoms with Gasteiger partial charge in [0.05, 0.1) is 23.8 Å². The summed E-state index contributed by atoms with van der Waals surface area (Å²) >= 11 is 6.20. The van der Waals surface area contributed by atoms with Crippen molar-refractivity contribution in [2.45, 2.75) is 32.1 Å². The number of benzene rings is 2. The second-order valence-electron chi connectivity index (χ2n) is 7.57. The maximum absolute atomic E-state index is 6.20. The lowest BCUT2D eigenvalue weighted by atomic mass is 10.1. The number of fused-ring (bicyclic) bond motifs is 2. The Hall–Kier alpha value is -2.04. The monoisotopic (exact) mass is 397 g/mol. The van der Waals surface area contributed by atoms with E-state index in [0.29, 0.717) is 5.02 Å². The average Bonchev–Trinajstić information content (AvgIpc) is 2.73. The second kappa shape index (κ2) is 8.97. The fraction of sp³-hybridized carbons (Fsp3) is 0.435. The van der Waals surface area contributed by atoms with Crippen molar-refractivity contribution in [3.63, 3.8) is 0 Å². The molecule has 2 heterocycles. The molecule has 1 saturated heterocycles. The highest BCUT2D eigenvalue weighted by atomic mass is 35.5. The number of hydrogen-bond donors (Lipinski definition) is 1. The van der Waals surface area contributed by atoms with E-state index in [0.717, 1.165) is 46.2 Å². The summed E-state index contributed by atoms with van der Waals surface area (Å²) in [7, 11) is 1.70. The number of ether oxygens (including phenoxy) is 1. The van der Waals surface area contributed by atoms with Crippen LogP contribution < -0.4 is 10.1 Å². The number of methoxy groups -OCH3 is 1. The van der Waals surface area contributed by atoms with Crippen LogP contribution in [0.4, 0.5) is 5.69 Å². The van der Waals surface area contributed by atoms with Crippen molar-refractivity contribution in [1.82, 2.24) is 9.88 Å². The van der Waals surface area contributed by atoms with Gasteiger partial charge in [-0.05, 0) is 81.7 Å². The molecule has 0 atom stereocenters. The van der Waals surface area contributed by atoms with Crippen LogP contribution in [0.15, 0.2) is 36.4 Å². The number of piperidine rings is 1. The van der Waals surface area contributed by atoms with Crippen LogP contribution in [-0.2, 0) is 0 Å². The summed E-state index contributed by atoms with van der Waals surface area (Å²) in [6.07, 6.45) is 6.49. The molecule has 28 heavy (non-hydrogen) atoms. The molecule has 0 bridgehead atoms. The predicted octanol–water partition coefficient (Wildman–Crippen LogP) is 5.73. The fourth-order valence-electron chi connectivity index (χ4n) is 4.07. The molecular formula is C23H28ClN3O. The van der Waals surface area contributed by atoms with Crippen molar-refractivity contribution in [3.05, 3.63) is 41.4 Å². The molecular weight excluding hydrogens is 370 g/mol. The van der Waals surface area contributed by atoms with Crippen molar-refractivity contribution in [1.29, 1.82) is 0 Å². The number of unbranched alkanes of at least 4 members (excludes halogenated alkanes) is 1. The minimum absolute atomic E-state index is 0.709. The Kier molecular flexibility index (Phi) is 6.18. The molecule has 0 unspecified atom stereocenters. The van der Waals surface area contributed by atoms with Gasteiger partial charge in [-0.3, -0.25) is 0 Å². The summed E-state index contributed by atoms with van der Waals surface area (Å²) in [5, 5.41) is 6.58. The topological polar surface area (TPSA) is 37.4 Å². The molecule has 0 radical (unpaired) electrons. The summed E-state index contributed by atoms with van der Waals surface area (Å²) in [6, 6.07) is 11.9. The highest BCUT2D eigenvalue weighted by Gasteiger charge is 2.12. The van der Waals surface area contributed by atoms with Crippen LogP contribution in [0.25, 0.3) is 21.8 Å². The number of halogens is 1. The minimum atomic E-state index is 0.709. The van der Waals surface area contributed by atoms with Gasteiger partial charge in [0.15, 0.2) is 0 Å². The van der Waals surface area contributed by atoms with E-state index in [1.807, 2.05) is 24.3 Å². The lowest BCUT2D eigenvalue weighted by Crippen LogP contribution is -2.30. The number of rotatable bonds is 7. The van der Waals surface area contributed by atoms with Gasteiger partial charge in [0.1, 0.15) is 5.75 Å². The van der Waals surface area contributed by atoms with E-state index < -0.39 is 0 Å². The summed E-state index contributed by atoms with van der Waals surface area (Å²) in [4.78, 5) is 7.40. The summed E-state index contributed by atoms with van der Waals surface area (Å²) in [5.41, 5.74) is 2.99. The third-order valence-electron chi connectivity index (χ3n) is 5.59. The third kappa shape index (κ3) is 4.34. The molecule has 1 aliphatic heterocycles. The Morgan fingerprint density at radius 3 is 2.68 bits per heavy atom. The standard InChI is InChI=1S/C23H28ClN3O/c1-28-18-8-10-21-20(16-18)23(19-9-7-17(24)15-22(19)26-21)25-11-3-6-14-27-12-4-2-5-13-27/h7-10,15-16H,2-6,11-14H2,1H3,(H,25,26). The van der Waals surface area contributed by atoms with Crippen molar-refractivity contribution in [2.75, 3.05) is 38.6 Å². The van der Waals surface area contributed by atoms with Crippen molar-refractivity contribution >= 4 is 39.1 Å². The minimum Gasteiger partial charge on any atom is -0.497 e. The lowest BCUT2D eigenvalue weighted by molar-refractivity contribution is 0.225. The van der Waals surface area contributed by atoms with Crippen LogP contribution in [0, 0.1) is 0 Å². The van der Waals surface area contributed by atoms with E-state index in [2.05, 4.69) is 22.3 Å². The molecule has 1 N–H and O–H groups in total. The van der Waals surface area contributed by atoms with E-state index in [9.17, 15) is 0 Å². The maximum Gasteiger partial charge on any atom is 0.119 e. The first-order valence-electron chi connectivity index (χ1n) is 10.3. The van der Waals surface area contributed by atoms with Crippen molar-refractivity contribution < 1.29 is 4.74 Å². The molecule has 4 rings (SSSR count). The van der Waals surface area contributed by atoms with Crippen LogP contribution in [0.5, 0.6) is 5.75 Å². The Morgan fingerprint density at radius 2 is 1.86 bits per heavy atom. The number of aromatic nitrogens is 1. The summed E-state index contributed by atoms with van der Waals surface area (Å²) in [6.45, 7) is 4.70. The zero-order valence-electron chi connectivity index (χ0n) is 16.5. The number of pyridine rings is 1. The molecule has 0 saturated carbocycles.